The van der Waals surface area contributed by atoms with Crippen molar-refractivity contribution in [1.82, 2.24) is 0 Å². The van der Waals surface area contributed by atoms with E-state index in [0.29, 0.717) is 17.0 Å². The number of nitrogens with zero attached hydrogens (tertiary/aromatic N) is 1. The minimum Gasteiger partial charge on any atom is -0.508 e. The van der Waals surface area contributed by atoms with Gasteiger partial charge in [-0.05, 0) is 37.0 Å². The van der Waals surface area contributed by atoms with E-state index >= 15 is 0 Å². The Labute approximate surface area is 94.9 Å². The Balaban J connectivity index is 0.00000112. The number of hydrogen-bond donors (Lipinski definition) is 2. The summed E-state index contributed by atoms with van der Waals surface area (Å²) >= 11 is 0. The van der Waals surface area contributed by atoms with Crippen LogP contribution >= 0.6 is 12.4 Å². The molecule has 0 aliphatic heterocycles. The van der Waals surface area contributed by atoms with Crippen LogP contribution in [-0.4, -0.2) is 5.11 Å². The van der Waals surface area contributed by atoms with E-state index in [4.69, 9.17) is 11.0 Å². The standard InChI is InChI=1S/C11H12N2O.ClH/c12-6-7-1-4-10(14)9(5-7)11(13)8-2-3-8;/h1,4-5,8,11,14H,2-3,13H2;1H/t11-;/m1./s1. The highest BCUT2D eigenvalue weighted by Crippen LogP contribution is 2.41. The number of halogens is 1. The van der Waals surface area contributed by atoms with Gasteiger partial charge in [0.15, 0.2) is 0 Å². The highest BCUT2D eigenvalue weighted by Gasteiger charge is 2.31. The molecule has 3 nitrogen and oxygen atoms in total. The second-order valence-corrected chi connectivity index (χ2v) is 3.75. The fourth-order valence-corrected chi connectivity index (χ4v) is 1.60. The van der Waals surface area contributed by atoms with Gasteiger partial charge in [0, 0.05) is 11.6 Å². The number of rotatable bonds is 2. The smallest absolute Gasteiger partial charge is 0.120 e. The van der Waals surface area contributed by atoms with Crippen molar-refractivity contribution >= 4 is 12.4 Å². The summed E-state index contributed by atoms with van der Waals surface area (Å²) in [5, 5.41) is 18.3. The molecular formula is C11H13ClN2O. The van der Waals surface area contributed by atoms with Gasteiger partial charge in [-0.15, -0.1) is 12.4 Å². The molecule has 0 amide bonds. The number of phenolic OH excluding ortho intramolecular Hbond substituents is 1. The quantitative estimate of drug-likeness (QED) is 0.808. The maximum atomic E-state index is 9.59. The summed E-state index contributed by atoms with van der Waals surface area (Å²) in [4.78, 5) is 0. The minimum absolute atomic E-state index is 0. The Hall–Kier alpha value is -1.24. The first-order chi connectivity index (χ1) is 6.72. The molecule has 0 bridgehead atoms. The first-order valence-corrected chi connectivity index (χ1v) is 4.71. The molecule has 15 heavy (non-hydrogen) atoms. The minimum atomic E-state index is -0.122. The van der Waals surface area contributed by atoms with Gasteiger partial charge in [-0.1, -0.05) is 0 Å². The average Bonchev–Trinajstić information content (AvgIpc) is 3.01. The fourth-order valence-electron chi connectivity index (χ4n) is 1.60. The topological polar surface area (TPSA) is 70.0 Å². The summed E-state index contributed by atoms with van der Waals surface area (Å²) in [7, 11) is 0. The van der Waals surface area contributed by atoms with Crippen LogP contribution in [0.15, 0.2) is 18.2 Å². The van der Waals surface area contributed by atoms with Gasteiger partial charge in [-0.2, -0.15) is 5.26 Å². The third-order valence-electron chi connectivity index (χ3n) is 2.65. The molecule has 1 aliphatic rings. The van der Waals surface area contributed by atoms with E-state index in [-0.39, 0.29) is 24.2 Å². The zero-order chi connectivity index (χ0) is 10.1. The maximum absolute atomic E-state index is 9.59. The molecule has 1 aromatic carbocycles. The summed E-state index contributed by atoms with van der Waals surface area (Å²) in [6.45, 7) is 0. The Morgan fingerprint density at radius 2 is 2.13 bits per heavy atom. The molecule has 1 aliphatic carbocycles. The van der Waals surface area contributed by atoms with Crippen LogP contribution in [0.1, 0.15) is 30.0 Å². The molecule has 1 aromatic rings. The predicted molar refractivity (Wildman–Crippen MR) is 59.7 cm³/mol. The Morgan fingerprint density at radius 1 is 1.47 bits per heavy atom. The van der Waals surface area contributed by atoms with Crippen molar-refractivity contribution in [3.8, 4) is 11.8 Å². The van der Waals surface area contributed by atoms with Gasteiger partial charge in [0.05, 0.1) is 11.6 Å². The van der Waals surface area contributed by atoms with Gasteiger partial charge in [0.25, 0.3) is 0 Å². The van der Waals surface area contributed by atoms with Crippen LogP contribution < -0.4 is 5.73 Å². The van der Waals surface area contributed by atoms with Crippen LogP contribution in [0.5, 0.6) is 5.75 Å². The Kier molecular flexibility index (Phi) is 3.57. The highest BCUT2D eigenvalue weighted by atomic mass is 35.5. The van der Waals surface area contributed by atoms with Crippen LogP contribution in [0, 0.1) is 17.2 Å². The number of nitriles is 1. The molecule has 1 fully saturated rings. The zero-order valence-electron chi connectivity index (χ0n) is 8.18. The number of phenols is 1. The molecule has 2 rings (SSSR count). The summed E-state index contributed by atoms with van der Waals surface area (Å²) in [6.07, 6.45) is 2.24. The number of benzene rings is 1. The average molecular weight is 225 g/mol. The van der Waals surface area contributed by atoms with Gasteiger partial charge >= 0.3 is 0 Å². The maximum Gasteiger partial charge on any atom is 0.120 e. The SMILES string of the molecule is Cl.N#Cc1ccc(O)c([C@H](N)C2CC2)c1. The van der Waals surface area contributed by atoms with Crippen LogP contribution in [0.2, 0.25) is 0 Å². The second kappa shape index (κ2) is 4.52. The van der Waals surface area contributed by atoms with E-state index < -0.39 is 0 Å². The van der Waals surface area contributed by atoms with E-state index in [9.17, 15) is 5.11 Å². The van der Waals surface area contributed by atoms with Crippen molar-refractivity contribution in [1.29, 1.82) is 5.26 Å². The van der Waals surface area contributed by atoms with Gasteiger partial charge in [-0.25, -0.2) is 0 Å². The molecule has 1 atom stereocenters. The molecule has 3 N–H and O–H groups in total. The predicted octanol–water partition coefficient (Wildman–Crippen LogP) is 2.10. The molecule has 4 heteroatoms. The lowest BCUT2D eigenvalue weighted by Gasteiger charge is -2.12. The van der Waals surface area contributed by atoms with E-state index in [2.05, 4.69) is 0 Å². The first-order valence-electron chi connectivity index (χ1n) is 4.71. The number of nitrogens with two attached hydrogens (primary N) is 1. The third-order valence-corrected chi connectivity index (χ3v) is 2.65. The van der Waals surface area contributed by atoms with Crippen LogP contribution in [0.3, 0.4) is 0 Å². The van der Waals surface area contributed by atoms with Gasteiger partial charge < -0.3 is 10.8 Å². The lowest BCUT2D eigenvalue weighted by Crippen LogP contribution is -2.12. The van der Waals surface area contributed by atoms with Crippen molar-refractivity contribution in [2.75, 3.05) is 0 Å². The number of hydrogen-bond acceptors (Lipinski definition) is 3. The van der Waals surface area contributed by atoms with E-state index in [1.54, 1.807) is 12.1 Å². The second-order valence-electron chi connectivity index (χ2n) is 3.75. The molecule has 0 radical (unpaired) electrons. The van der Waals surface area contributed by atoms with Crippen LogP contribution in [0.25, 0.3) is 0 Å². The molecule has 0 saturated heterocycles. The highest BCUT2D eigenvalue weighted by molar-refractivity contribution is 5.85. The Bertz CT molecular complexity index is 396. The largest absolute Gasteiger partial charge is 0.508 e. The van der Waals surface area contributed by atoms with Crippen molar-refractivity contribution < 1.29 is 5.11 Å². The normalized spacial score (nSPS) is 16.3. The van der Waals surface area contributed by atoms with Gasteiger partial charge in [-0.3, -0.25) is 0 Å². The molecular weight excluding hydrogens is 212 g/mol. The zero-order valence-corrected chi connectivity index (χ0v) is 9.00. The van der Waals surface area contributed by atoms with Gasteiger partial charge in [0.1, 0.15) is 5.75 Å². The molecule has 0 spiro atoms. The Morgan fingerprint density at radius 3 is 2.67 bits per heavy atom. The first kappa shape index (κ1) is 11.8. The summed E-state index contributed by atoms with van der Waals surface area (Å²) in [5.41, 5.74) is 7.21. The summed E-state index contributed by atoms with van der Waals surface area (Å²) in [6, 6.07) is 6.73. The molecule has 0 heterocycles. The van der Waals surface area contributed by atoms with Crippen molar-refractivity contribution in [2.45, 2.75) is 18.9 Å². The fraction of sp³-hybridized carbons (Fsp3) is 0.364. The molecule has 80 valence electrons. The van der Waals surface area contributed by atoms with Crippen molar-refractivity contribution in [2.24, 2.45) is 11.7 Å². The monoisotopic (exact) mass is 224 g/mol. The van der Waals surface area contributed by atoms with Gasteiger partial charge in [0.2, 0.25) is 0 Å². The van der Waals surface area contributed by atoms with E-state index in [0.717, 1.165) is 12.8 Å². The van der Waals surface area contributed by atoms with Crippen LogP contribution in [0.4, 0.5) is 0 Å². The van der Waals surface area contributed by atoms with E-state index in [1.165, 1.54) is 6.07 Å². The summed E-state index contributed by atoms with van der Waals surface area (Å²) in [5.74, 6) is 0.679. The molecule has 0 unspecified atom stereocenters. The third kappa shape index (κ3) is 2.41. The van der Waals surface area contributed by atoms with Crippen molar-refractivity contribution in [3.63, 3.8) is 0 Å². The molecule has 0 aromatic heterocycles. The van der Waals surface area contributed by atoms with Crippen LogP contribution in [-0.2, 0) is 0 Å². The molecule has 1 saturated carbocycles. The van der Waals surface area contributed by atoms with Crippen molar-refractivity contribution in [3.05, 3.63) is 29.3 Å². The summed E-state index contributed by atoms with van der Waals surface area (Å²) < 4.78 is 0. The lowest BCUT2D eigenvalue weighted by atomic mass is 10.0. The lowest BCUT2D eigenvalue weighted by molar-refractivity contribution is 0.456. The van der Waals surface area contributed by atoms with E-state index in [1.807, 2.05) is 6.07 Å². The number of aromatic hydroxyl groups is 1.